The number of allylic oxidation sites excluding steroid dienone is 2. The molecule has 2 saturated heterocycles. The molecule has 3 aliphatic heterocycles. The normalized spacial score (nSPS) is 30.1. The van der Waals surface area contributed by atoms with Gasteiger partial charge < -0.3 is 31.7 Å². The summed E-state index contributed by atoms with van der Waals surface area (Å²) in [4.78, 5) is 26.2. The highest BCUT2D eigenvalue weighted by Crippen LogP contribution is 2.63. The minimum absolute atomic E-state index is 0. The number of nitrogens with one attached hydrogen (secondary N) is 1. The van der Waals surface area contributed by atoms with E-state index in [2.05, 4.69) is 36.5 Å². The molecule has 2 aromatic rings. The van der Waals surface area contributed by atoms with Crippen molar-refractivity contribution in [2.75, 3.05) is 39.2 Å². The number of anilines is 1. The van der Waals surface area contributed by atoms with Crippen LogP contribution in [-0.4, -0.2) is 56.4 Å². The van der Waals surface area contributed by atoms with Gasteiger partial charge in [0, 0.05) is 41.3 Å². The van der Waals surface area contributed by atoms with Gasteiger partial charge in [-0.05, 0) is 42.3 Å². The Bertz CT molecular complexity index is 1320. The second-order valence-corrected chi connectivity index (χ2v) is 10.3. The lowest BCUT2D eigenvalue weighted by atomic mass is 9.61. The molecule has 7 heteroatoms. The topological polar surface area (TPSA) is 64.6 Å². The van der Waals surface area contributed by atoms with Crippen LogP contribution < -0.4 is 27.2 Å². The quantitative estimate of drug-likeness (QED) is 0.277. The summed E-state index contributed by atoms with van der Waals surface area (Å²) in [5.74, 6) is 1.41. The second kappa shape index (κ2) is 8.79. The number of carbonyl (C=O) groups is 2. The van der Waals surface area contributed by atoms with Gasteiger partial charge in [0.1, 0.15) is 25.4 Å². The number of benzene rings is 2. The Morgan fingerprint density at radius 3 is 2.67 bits per heavy atom. The molecule has 0 saturated carbocycles. The van der Waals surface area contributed by atoms with Crippen LogP contribution in [0.1, 0.15) is 35.7 Å². The van der Waals surface area contributed by atoms with Crippen LogP contribution in [0.25, 0.3) is 0 Å². The van der Waals surface area contributed by atoms with Crippen molar-refractivity contribution >= 4 is 17.8 Å². The van der Waals surface area contributed by atoms with E-state index in [-0.39, 0.29) is 35.6 Å². The molecule has 1 N–H and O–H groups in total. The van der Waals surface area contributed by atoms with Crippen LogP contribution in [0.4, 0.5) is 5.69 Å². The number of carbonyl (C=O) groups excluding carboxylic acids is 2. The molecule has 0 radical (unpaired) electrons. The predicted molar refractivity (Wildman–Crippen MR) is 134 cm³/mol. The van der Waals surface area contributed by atoms with E-state index in [0.717, 1.165) is 53.7 Å². The second-order valence-electron chi connectivity index (χ2n) is 10.3. The van der Waals surface area contributed by atoms with E-state index in [9.17, 15) is 9.59 Å². The fraction of sp³-hybridized carbons (Fsp3) is 0.379. The van der Waals surface area contributed by atoms with Crippen LogP contribution in [0.3, 0.4) is 0 Å². The Morgan fingerprint density at radius 1 is 1.17 bits per heavy atom. The molecule has 2 unspecified atom stereocenters. The van der Waals surface area contributed by atoms with Crippen molar-refractivity contribution in [2.24, 2.45) is 5.92 Å². The highest BCUT2D eigenvalue weighted by Gasteiger charge is 2.68. The molecular weight excluding hydrogens is 476 g/mol. The fourth-order valence-electron chi connectivity index (χ4n) is 7.52. The molecule has 6 rings (SSSR count). The van der Waals surface area contributed by atoms with Gasteiger partial charge in [-0.3, -0.25) is 9.59 Å². The first kappa shape index (κ1) is 24.6. The van der Waals surface area contributed by atoms with Crippen LogP contribution in [0.2, 0.25) is 0 Å². The Kier molecular flexibility index (Phi) is 6.00. The number of methoxy groups -OCH3 is 2. The zero-order chi connectivity index (χ0) is 24.4. The first-order chi connectivity index (χ1) is 17.0. The SMILES string of the molecule is C/C=C1/C[N+]2(CC(=O)c3ccc(OC)c(OC)c3)CC[C@]34C(=C(C=O)[C@H]1CC32)Nc1ccccc14.[Cl-]. The number of ketones is 1. The number of fused-ring (bicyclic) bond motifs is 2. The maximum Gasteiger partial charge on any atom is 0.217 e. The predicted octanol–water partition coefficient (Wildman–Crippen LogP) is 1.28. The summed E-state index contributed by atoms with van der Waals surface area (Å²) in [6, 6.07) is 14.1. The largest absolute Gasteiger partial charge is 1.00 e. The standard InChI is InChI=1S/C29H30N2O4.ClH/c1-4-18-15-31(16-24(33)19-9-10-25(34-2)26(13-19)35-3)12-11-29-22-7-5-6-8-23(22)30-28(29)21(17-32)20(18)14-27(29)31;/h4-10,13,17,20,27H,11-12,14-16H2,1-3H3;1H/b18-4-;/t20-,27?,29+,31?;/m0./s1. The van der Waals surface area contributed by atoms with E-state index >= 15 is 0 Å². The van der Waals surface area contributed by atoms with Gasteiger partial charge in [-0.15, -0.1) is 0 Å². The van der Waals surface area contributed by atoms with Gasteiger partial charge >= 0.3 is 0 Å². The number of hydrogen-bond acceptors (Lipinski definition) is 5. The summed E-state index contributed by atoms with van der Waals surface area (Å²) >= 11 is 0. The zero-order valence-electron chi connectivity index (χ0n) is 20.8. The monoisotopic (exact) mass is 506 g/mol. The number of hydrogen-bond donors (Lipinski definition) is 1. The summed E-state index contributed by atoms with van der Waals surface area (Å²) in [6.45, 7) is 4.20. The van der Waals surface area contributed by atoms with Crippen molar-refractivity contribution in [1.82, 2.24) is 0 Å². The van der Waals surface area contributed by atoms with E-state index in [1.807, 2.05) is 12.1 Å². The van der Waals surface area contributed by atoms with Crippen molar-refractivity contribution in [1.29, 1.82) is 0 Å². The van der Waals surface area contributed by atoms with Crippen LogP contribution in [0.5, 0.6) is 11.5 Å². The van der Waals surface area contributed by atoms with Gasteiger partial charge in [0.15, 0.2) is 11.5 Å². The summed E-state index contributed by atoms with van der Waals surface area (Å²) in [5.41, 5.74) is 6.03. The lowest BCUT2D eigenvalue weighted by molar-refractivity contribution is -0.934. The third kappa shape index (κ3) is 3.14. The van der Waals surface area contributed by atoms with Gasteiger partial charge in [0.2, 0.25) is 5.78 Å². The lowest BCUT2D eigenvalue weighted by Crippen LogP contribution is -3.00. The van der Waals surface area contributed by atoms with Crippen molar-refractivity contribution < 1.29 is 36.0 Å². The number of nitrogens with zero attached hydrogens (tertiary/aromatic N) is 1. The smallest absolute Gasteiger partial charge is 0.217 e. The van der Waals surface area contributed by atoms with Crippen molar-refractivity contribution in [3.8, 4) is 11.5 Å². The molecule has 2 fully saturated rings. The number of Topliss-reactive ketones (excluding diaryl/α,β-unsaturated/α-hetero) is 1. The molecule has 1 spiro atoms. The van der Waals surface area contributed by atoms with Gasteiger partial charge in [-0.1, -0.05) is 24.3 Å². The Balaban J connectivity index is 0.00000267. The number of piperidine rings is 1. The van der Waals surface area contributed by atoms with Gasteiger partial charge in [-0.25, -0.2) is 0 Å². The lowest BCUT2D eigenvalue weighted by Gasteiger charge is -2.53. The molecule has 4 atom stereocenters. The number of rotatable bonds is 6. The van der Waals surface area contributed by atoms with E-state index in [4.69, 9.17) is 9.47 Å². The zero-order valence-corrected chi connectivity index (χ0v) is 21.6. The third-order valence-electron chi connectivity index (χ3n) is 9.02. The fourth-order valence-corrected chi connectivity index (χ4v) is 7.52. The van der Waals surface area contributed by atoms with Crippen molar-refractivity contribution in [3.63, 3.8) is 0 Å². The number of halogens is 1. The first-order valence-electron chi connectivity index (χ1n) is 12.3. The molecule has 4 aliphatic rings. The van der Waals surface area contributed by atoms with E-state index < -0.39 is 0 Å². The van der Waals surface area contributed by atoms with Gasteiger partial charge in [0.25, 0.3) is 0 Å². The minimum Gasteiger partial charge on any atom is -1.00 e. The molecule has 0 aromatic heterocycles. The molecule has 2 aromatic carbocycles. The van der Waals surface area contributed by atoms with Crippen molar-refractivity contribution in [3.05, 3.63) is 76.5 Å². The average molecular weight is 507 g/mol. The molecule has 1 aliphatic carbocycles. The van der Waals surface area contributed by atoms with E-state index in [1.165, 1.54) is 11.1 Å². The molecule has 3 heterocycles. The third-order valence-corrected chi connectivity index (χ3v) is 9.02. The van der Waals surface area contributed by atoms with Gasteiger partial charge in [0.05, 0.1) is 26.2 Å². The highest BCUT2D eigenvalue weighted by molar-refractivity contribution is 5.97. The van der Waals surface area contributed by atoms with Crippen molar-refractivity contribution in [2.45, 2.75) is 31.2 Å². The van der Waals surface area contributed by atoms with Crippen LogP contribution in [0.15, 0.2) is 65.4 Å². The Morgan fingerprint density at radius 2 is 1.94 bits per heavy atom. The maximum absolute atomic E-state index is 13.8. The Labute approximate surface area is 218 Å². The number of para-hydroxylation sites is 1. The van der Waals surface area contributed by atoms with Gasteiger partial charge in [-0.2, -0.15) is 0 Å². The average Bonchev–Trinajstić information content (AvgIpc) is 3.42. The highest BCUT2D eigenvalue weighted by atomic mass is 35.5. The minimum atomic E-state index is -0.236. The maximum atomic E-state index is 13.8. The first-order valence-corrected chi connectivity index (χ1v) is 12.3. The molecule has 6 nitrogen and oxygen atoms in total. The molecule has 188 valence electrons. The number of quaternary nitrogens is 1. The van der Waals surface area contributed by atoms with E-state index in [0.29, 0.717) is 23.6 Å². The molecular formula is C29H31ClN2O4. The number of aldehydes is 1. The van der Waals surface area contributed by atoms with Crippen LogP contribution in [-0.2, 0) is 10.2 Å². The summed E-state index contributed by atoms with van der Waals surface area (Å²) < 4.78 is 11.6. The summed E-state index contributed by atoms with van der Waals surface area (Å²) in [7, 11) is 3.19. The molecule has 36 heavy (non-hydrogen) atoms. The van der Waals surface area contributed by atoms with Crippen LogP contribution in [0, 0.1) is 5.92 Å². The Hall–Kier alpha value is -3.09. The number of ether oxygens (including phenoxy) is 2. The molecule has 2 bridgehead atoms. The van der Waals surface area contributed by atoms with Crippen LogP contribution >= 0.6 is 0 Å². The summed E-state index contributed by atoms with van der Waals surface area (Å²) in [6.07, 6.45) is 5.07. The molecule has 0 amide bonds. The summed E-state index contributed by atoms with van der Waals surface area (Å²) in [5, 5.41) is 3.65. The van der Waals surface area contributed by atoms with E-state index in [1.54, 1.807) is 26.4 Å².